The second kappa shape index (κ2) is 6.67. The minimum absolute atomic E-state index is 0.0645. The Morgan fingerprint density at radius 2 is 2.35 bits per heavy atom. The molecule has 0 amide bonds. The van der Waals surface area contributed by atoms with Gasteiger partial charge in [0.25, 0.3) is 5.69 Å². The highest BCUT2D eigenvalue weighted by molar-refractivity contribution is 5.64. The minimum atomic E-state index is -0.381. The van der Waals surface area contributed by atoms with Crippen molar-refractivity contribution < 1.29 is 14.8 Å². The van der Waals surface area contributed by atoms with E-state index in [1.807, 2.05) is 4.90 Å². The Bertz CT molecular complexity index is 476. The number of hydrogen-bond donors (Lipinski definition) is 1. The zero-order valence-corrected chi connectivity index (χ0v) is 11.6. The van der Waals surface area contributed by atoms with E-state index in [1.165, 1.54) is 6.07 Å². The number of nitrogens with zero attached hydrogens (tertiary/aromatic N) is 2. The smallest absolute Gasteiger partial charge is 0.292 e. The molecule has 1 aromatic carbocycles. The van der Waals surface area contributed by atoms with Gasteiger partial charge in [0.1, 0.15) is 5.69 Å². The van der Waals surface area contributed by atoms with Gasteiger partial charge in [0.2, 0.25) is 0 Å². The molecule has 1 aliphatic heterocycles. The highest BCUT2D eigenvalue weighted by atomic mass is 16.6. The lowest BCUT2D eigenvalue weighted by molar-refractivity contribution is -0.384. The maximum absolute atomic E-state index is 11.2. The normalized spacial score (nSPS) is 19.1. The van der Waals surface area contributed by atoms with E-state index in [0.29, 0.717) is 23.8 Å². The third-order valence-electron chi connectivity index (χ3n) is 3.68. The van der Waals surface area contributed by atoms with Crippen LogP contribution in [0.15, 0.2) is 18.2 Å². The van der Waals surface area contributed by atoms with Crippen LogP contribution in [-0.4, -0.2) is 36.8 Å². The molecule has 6 heteroatoms. The zero-order valence-electron chi connectivity index (χ0n) is 11.6. The maximum Gasteiger partial charge on any atom is 0.292 e. The maximum atomic E-state index is 11.2. The van der Waals surface area contributed by atoms with Crippen LogP contribution in [0, 0.1) is 16.0 Å². The highest BCUT2D eigenvalue weighted by Crippen LogP contribution is 2.32. The molecule has 0 aromatic heterocycles. The summed E-state index contributed by atoms with van der Waals surface area (Å²) in [5.74, 6) is 0.408. The van der Waals surface area contributed by atoms with Crippen LogP contribution in [0.5, 0.6) is 0 Å². The zero-order chi connectivity index (χ0) is 14.5. The Morgan fingerprint density at radius 1 is 1.55 bits per heavy atom. The van der Waals surface area contributed by atoms with Crippen LogP contribution in [0.2, 0.25) is 0 Å². The lowest BCUT2D eigenvalue weighted by atomic mass is 9.98. The largest absolute Gasteiger partial charge is 0.392 e. The van der Waals surface area contributed by atoms with Gasteiger partial charge in [-0.25, -0.2) is 0 Å². The molecule has 1 aliphatic rings. The summed E-state index contributed by atoms with van der Waals surface area (Å²) in [7, 11) is 1.68. The summed E-state index contributed by atoms with van der Waals surface area (Å²) in [5, 5.41) is 20.3. The number of piperidine rings is 1. The van der Waals surface area contributed by atoms with Crippen LogP contribution in [-0.2, 0) is 11.3 Å². The molecular weight excluding hydrogens is 260 g/mol. The Labute approximate surface area is 118 Å². The molecule has 1 fully saturated rings. The molecular formula is C14H20N2O4. The molecule has 1 aromatic rings. The first-order valence-corrected chi connectivity index (χ1v) is 6.77. The highest BCUT2D eigenvalue weighted by Gasteiger charge is 2.25. The van der Waals surface area contributed by atoms with Crippen LogP contribution in [0.1, 0.15) is 18.4 Å². The Morgan fingerprint density at radius 3 is 3.00 bits per heavy atom. The van der Waals surface area contributed by atoms with E-state index in [4.69, 9.17) is 9.84 Å². The van der Waals surface area contributed by atoms with Gasteiger partial charge in [-0.2, -0.15) is 0 Å². The lowest BCUT2D eigenvalue weighted by Crippen LogP contribution is -2.37. The first-order valence-electron chi connectivity index (χ1n) is 6.77. The van der Waals surface area contributed by atoms with Gasteiger partial charge in [-0.05, 0) is 30.4 Å². The summed E-state index contributed by atoms with van der Waals surface area (Å²) in [6, 6.07) is 4.93. The van der Waals surface area contributed by atoms with Crippen molar-refractivity contribution in [3.05, 3.63) is 33.9 Å². The van der Waals surface area contributed by atoms with Gasteiger partial charge in [0.05, 0.1) is 18.1 Å². The van der Waals surface area contributed by atoms with Crippen molar-refractivity contribution in [2.24, 2.45) is 5.92 Å². The van der Waals surface area contributed by atoms with E-state index >= 15 is 0 Å². The van der Waals surface area contributed by atoms with Crippen molar-refractivity contribution in [1.29, 1.82) is 0 Å². The quantitative estimate of drug-likeness (QED) is 0.659. The molecule has 1 saturated heterocycles. The summed E-state index contributed by atoms with van der Waals surface area (Å²) in [4.78, 5) is 12.9. The number of benzene rings is 1. The molecule has 0 spiro atoms. The predicted molar refractivity (Wildman–Crippen MR) is 75.8 cm³/mol. The Kier molecular flexibility index (Phi) is 4.92. The van der Waals surface area contributed by atoms with E-state index in [2.05, 4.69) is 0 Å². The monoisotopic (exact) mass is 280 g/mol. The molecule has 6 nitrogen and oxygen atoms in total. The van der Waals surface area contributed by atoms with Crippen molar-refractivity contribution in [1.82, 2.24) is 0 Å². The van der Waals surface area contributed by atoms with Gasteiger partial charge in [-0.1, -0.05) is 6.07 Å². The number of anilines is 1. The lowest BCUT2D eigenvalue weighted by Gasteiger charge is -2.33. The first-order chi connectivity index (χ1) is 9.65. The molecule has 1 heterocycles. The predicted octanol–water partition coefficient (Wildman–Crippen LogP) is 1.95. The van der Waals surface area contributed by atoms with Crippen molar-refractivity contribution in [2.45, 2.75) is 19.4 Å². The minimum Gasteiger partial charge on any atom is -0.392 e. The van der Waals surface area contributed by atoms with Gasteiger partial charge in [-0.3, -0.25) is 10.1 Å². The number of hydrogen-bond acceptors (Lipinski definition) is 5. The van der Waals surface area contributed by atoms with Gasteiger partial charge >= 0.3 is 0 Å². The van der Waals surface area contributed by atoms with Crippen LogP contribution in [0.3, 0.4) is 0 Å². The Hall–Kier alpha value is -1.66. The number of nitro groups is 1. The SMILES string of the molecule is COCC1CCCN(c2ccc(CO)cc2[N+](=O)[O-])C1. The molecule has 20 heavy (non-hydrogen) atoms. The Balaban J connectivity index is 2.24. The van der Waals surface area contributed by atoms with Crippen LogP contribution < -0.4 is 4.90 Å². The summed E-state index contributed by atoms with van der Waals surface area (Å²) in [6.45, 7) is 2.08. The van der Waals surface area contributed by atoms with Crippen molar-refractivity contribution in [3.8, 4) is 0 Å². The average molecular weight is 280 g/mol. The van der Waals surface area contributed by atoms with Crippen molar-refractivity contribution >= 4 is 11.4 Å². The third kappa shape index (κ3) is 3.26. The average Bonchev–Trinajstić information content (AvgIpc) is 2.47. The van der Waals surface area contributed by atoms with E-state index < -0.39 is 0 Å². The number of aliphatic hydroxyl groups is 1. The van der Waals surface area contributed by atoms with Crippen LogP contribution in [0.25, 0.3) is 0 Å². The molecule has 2 rings (SSSR count). The standard InChI is InChI=1S/C14H20N2O4/c1-20-10-12-3-2-6-15(8-12)13-5-4-11(9-17)7-14(13)16(18)19/h4-5,7,12,17H,2-3,6,8-10H2,1H3. The molecule has 0 aliphatic carbocycles. The van der Waals surface area contributed by atoms with E-state index in [9.17, 15) is 10.1 Å². The van der Waals surface area contributed by atoms with Crippen molar-refractivity contribution in [3.63, 3.8) is 0 Å². The molecule has 1 N–H and O–H groups in total. The van der Waals surface area contributed by atoms with Gasteiger partial charge < -0.3 is 14.7 Å². The van der Waals surface area contributed by atoms with Gasteiger partial charge in [-0.15, -0.1) is 0 Å². The van der Waals surface area contributed by atoms with E-state index in [-0.39, 0.29) is 17.2 Å². The number of aliphatic hydroxyl groups excluding tert-OH is 1. The molecule has 0 saturated carbocycles. The summed E-state index contributed by atoms with van der Waals surface area (Å²) in [6.07, 6.45) is 2.10. The number of ether oxygens (including phenoxy) is 1. The fraction of sp³-hybridized carbons (Fsp3) is 0.571. The number of methoxy groups -OCH3 is 1. The van der Waals surface area contributed by atoms with Crippen LogP contribution >= 0.6 is 0 Å². The third-order valence-corrected chi connectivity index (χ3v) is 3.68. The van der Waals surface area contributed by atoms with Crippen molar-refractivity contribution in [2.75, 3.05) is 31.7 Å². The van der Waals surface area contributed by atoms with E-state index in [0.717, 1.165) is 25.9 Å². The first kappa shape index (κ1) is 14.7. The molecule has 110 valence electrons. The number of rotatable bonds is 5. The molecule has 1 unspecified atom stereocenters. The fourth-order valence-electron chi connectivity index (χ4n) is 2.74. The fourth-order valence-corrected chi connectivity index (χ4v) is 2.74. The topological polar surface area (TPSA) is 75.8 Å². The van der Waals surface area contributed by atoms with Gasteiger partial charge in [0.15, 0.2) is 0 Å². The molecule has 0 radical (unpaired) electrons. The van der Waals surface area contributed by atoms with Crippen LogP contribution in [0.4, 0.5) is 11.4 Å². The summed E-state index contributed by atoms with van der Waals surface area (Å²) < 4.78 is 5.19. The summed E-state index contributed by atoms with van der Waals surface area (Å²) >= 11 is 0. The second-order valence-electron chi connectivity index (χ2n) is 5.15. The molecule has 0 bridgehead atoms. The number of nitro benzene ring substituents is 1. The summed E-state index contributed by atoms with van der Waals surface area (Å²) in [5.41, 5.74) is 1.26. The molecule has 1 atom stereocenters. The van der Waals surface area contributed by atoms with Gasteiger partial charge in [0, 0.05) is 26.3 Å². The van der Waals surface area contributed by atoms with E-state index in [1.54, 1.807) is 19.2 Å². The second-order valence-corrected chi connectivity index (χ2v) is 5.15.